The number of hydrogen-bond donors (Lipinski definition) is 1. The highest BCUT2D eigenvalue weighted by atomic mass is 19.1. The van der Waals surface area contributed by atoms with E-state index in [1.165, 1.54) is 12.1 Å². The third-order valence-electron chi connectivity index (χ3n) is 6.41. The Morgan fingerprint density at radius 1 is 1.15 bits per heavy atom. The number of aryl methyl sites for hydroxylation is 1. The van der Waals surface area contributed by atoms with Gasteiger partial charge >= 0.3 is 5.69 Å². The number of nitrogens with zero attached hydrogens (tertiary/aromatic N) is 4. The Morgan fingerprint density at radius 2 is 1.88 bits per heavy atom. The average Bonchev–Trinajstić information content (AvgIpc) is 3.41. The molecule has 2 fully saturated rings. The lowest BCUT2D eigenvalue weighted by atomic mass is 9.99. The Balaban J connectivity index is 1.50. The van der Waals surface area contributed by atoms with Crippen LogP contribution >= 0.6 is 0 Å². The zero-order valence-electron chi connectivity index (χ0n) is 17.9. The molecule has 33 heavy (non-hydrogen) atoms. The number of hydrogen-bond acceptors (Lipinski definition) is 4. The predicted molar refractivity (Wildman–Crippen MR) is 116 cm³/mol. The highest BCUT2D eigenvalue weighted by Gasteiger charge is 2.38. The van der Waals surface area contributed by atoms with Crippen LogP contribution in [-0.4, -0.2) is 38.7 Å². The van der Waals surface area contributed by atoms with Gasteiger partial charge in [-0.05, 0) is 61.1 Å². The first kappa shape index (κ1) is 21.1. The van der Waals surface area contributed by atoms with Crippen molar-refractivity contribution in [2.75, 3.05) is 13.1 Å². The molecule has 1 N–H and O–H groups in total. The third kappa shape index (κ3) is 3.71. The summed E-state index contributed by atoms with van der Waals surface area (Å²) < 4.78 is 31.4. The second-order valence-corrected chi connectivity index (χ2v) is 8.70. The predicted octanol–water partition coefficient (Wildman–Crippen LogP) is 3.41. The van der Waals surface area contributed by atoms with Gasteiger partial charge in [-0.3, -0.25) is 4.79 Å². The van der Waals surface area contributed by atoms with Gasteiger partial charge in [0, 0.05) is 24.9 Å². The first-order valence-electron chi connectivity index (χ1n) is 10.8. The fraction of sp³-hybridized carbons (Fsp3) is 0.333. The van der Waals surface area contributed by atoms with Gasteiger partial charge in [0.05, 0.1) is 11.6 Å². The quantitative estimate of drug-likeness (QED) is 0.660. The summed E-state index contributed by atoms with van der Waals surface area (Å²) in [4.78, 5) is 26.6. The summed E-state index contributed by atoms with van der Waals surface area (Å²) in [5.41, 5.74) is 0.792. The second kappa shape index (κ2) is 7.96. The smallest absolute Gasteiger partial charge is 0.342 e. The number of halogens is 2. The number of likely N-dealkylation sites (tertiary alicyclic amines) is 1. The summed E-state index contributed by atoms with van der Waals surface area (Å²) in [6.07, 6.45) is 2.36. The van der Waals surface area contributed by atoms with Crippen LogP contribution in [0.3, 0.4) is 0 Å². The van der Waals surface area contributed by atoms with Gasteiger partial charge in [-0.2, -0.15) is 10.4 Å². The van der Waals surface area contributed by atoms with E-state index in [0.717, 1.165) is 17.4 Å². The molecule has 2 aromatic carbocycles. The normalized spacial score (nSPS) is 17.9. The number of H-pyrrole nitrogens is 1. The summed E-state index contributed by atoms with van der Waals surface area (Å²) in [5.74, 6) is -1.71. The zero-order chi connectivity index (χ0) is 23.3. The van der Waals surface area contributed by atoms with Crippen molar-refractivity contribution in [1.29, 1.82) is 5.26 Å². The SMILES string of the molecule is Cc1cc(-c2cc(F)c(-n3c(C4CCN(C(=O)C5CC5)C4)n[nH]c3=O)c(F)c2)ccc1C#N. The van der Waals surface area contributed by atoms with Crippen LogP contribution in [0.5, 0.6) is 0 Å². The van der Waals surface area contributed by atoms with Crippen molar-refractivity contribution in [3.8, 4) is 22.9 Å². The average molecular weight is 449 g/mol. The van der Waals surface area contributed by atoms with Crippen LogP contribution in [0.4, 0.5) is 8.78 Å². The van der Waals surface area contributed by atoms with Gasteiger partial charge < -0.3 is 4.90 Å². The lowest BCUT2D eigenvalue weighted by Gasteiger charge is -2.17. The van der Waals surface area contributed by atoms with Gasteiger partial charge in [-0.25, -0.2) is 23.2 Å². The van der Waals surface area contributed by atoms with E-state index in [2.05, 4.69) is 16.3 Å². The van der Waals surface area contributed by atoms with Gasteiger partial charge in [0.1, 0.15) is 11.5 Å². The first-order chi connectivity index (χ1) is 15.9. The van der Waals surface area contributed by atoms with Gasteiger partial charge in [-0.1, -0.05) is 12.1 Å². The lowest BCUT2D eigenvalue weighted by Crippen LogP contribution is -2.30. The van der Waals surface area contributed by atoms with Crippen molar-refractivity contribution in [2.24, 2.45) is 5.92 Å². The maximum Gasteiger partial charge on any atom is 0.348 e. The maximum atomic E-state index is 15.2. The molecule has 1 aromatic heterocycles. The van der Waals surface area contributed by atoms with Gasteiger partial charge in [0.2, 0.25) is 5.91 Å². The summed E-state index contributed by atoms with van der Waals surface area (Å²) in [6.45, 7) is 2.65. The molecular formula is C24H21F2N5O2. The molecule has 168 valence electrons. The van der Waals surface area contributed by atoms with Gasteiger partial charge in [-0.15, -0.1) is 0 Å². The maximum absolute atomic E-state index is 15.2. The number of aromatic amines is 1. The Bertz CT molecular complexity index is 1340. The monoisotopic (exact) mass is 449 g/mol. The molecule has 5 rings (SSSR count). The van der Waals surface area contributed by atoms with Crippen LogP contribution in [0.15, 0.2) is 35.1 Å². The molecule has 7 nitrogen and oxygen atoms in total. The van der Waals surface area contributed by atoms with Crippen molar-refractivity contribution in [1.82, 2.24) is 19.7 Å². The lowest BCUT2D eigenvalue weighted by molar-refractivity contribution is -0.131. The summed E-state index contributed by atoms with van der Waals surface area (Å²) in [6, 6.07) is 9.30. The molecule has 0 radical (unpaired) electrons. The van der Waals surface area contributed by atoms with Crippen molar-refractivity contribution < 1.29 is 13.6 Å². The van der Waals surface area contributed by atoms with Gasteiger partial charge in [0.15, 0.2) is 11.6 Å². The topological polar surface area (TPSA) is 94.8 Å². The molecule has 1 unspecified atom stereocenters. The van der Waals surface area contributed by atoms with Crippen LogP contribution < -0.4 is 5.69 Å². The molecule has 1 aliphatic carbocycles. The van der Waals surface area contributed by atoms with Crippen LogP contribution in [0, 0.1) is 35.8 Å². The Morgan fingerprint density at radius 3 is 2.52 bits per heavy atom. The minimum Gasteiger partial charge on any atom is -0.342 e. The summed E-state index contributed by atoms with van der Waals surface area (Å²) in [7, 11) is 0. The molecule has 3 aromatic rings. The van der Waals surface area contributed by atoms with E-state index in [1.807, 2.05) is 0 Å². The van der Waals surface area contributed by atoms with Crippen molar-refractivity contribution >= 4 is 5.91 Å². The van der Waals surface area contributed by atoms with Gasteiger partial charge in [0.25, 0.3) is 0 Å². The fourth-order valence-corrected chi connectivity index (χ4v) is 4.47. The molecule has 1 saturated heterocycles. The van der Waals surface area contributed by atoms with Crippen LogP contribution in [0.25, 0.3) is 16.8 Å². The van der Waals surface area contributed by atoms with E-state index in [1.54, 1.807) is 30.0 Å². The molecule has 9 heteroatoms. The summed E-state index contributed by atoms with van der Waals surface area (Å²) in [5, 5.41) is 15.4. The highest BCUT2D eigenvalue weighted by Crippen LogP contribution is 2.35. The standard InChI is InChI=1S/C24H21F2N5O2/c1-13-8-15(4-5-16(13)11-27)18-9-19(25)21(20(26)10-18)31-22(28-29-24(31)33)17-6-7-30(12-17)23(32)14-2-3-14/h4-5,8-10,14,17H,2-3,6-7,12H2,1H3,(H,29,33). The third-order valence-corrected chi connectivity index (χ3v) is 6.41. The molecule has 2 heterocycles. The van der Waals surface area contributed by atoms with Crippen molar-refractivity contribution in [2.45, 2.75) is 32.1 Å². The van der Waals surface area contributed by atoms with E-state index in [0.29, 0.717) is 41.8 Å². The van der Waals surface area contributed by atoms with Crippen LogP contribution in [0.2, 0.25) is 0 Å². The minimum atomic E-state index is -0.902. The highest BCUT2D eigenvalue weighted by molar-refractivity contribution is 5.81. The number of rotatable bonds is 4. The number of nitriles is 1. The number of nitrogens with one attached hydrogen (secondary N) is 1. The Labute approximate surface area is 188 Å². The zero-order valence-corrected chi connectivity index (χ0v) is 17.9. The number of benzene rings is 2. The van der Waals surface area contributed by atoms with Crippen molar-refractivity contribution in [3.05, 3.63) is 69.4 Å². The minimum absolute atomic E-state index is 0.0819. The second-order valence-electron chi connectivity index (χ2n) is 8.70. The van der Waals surface area contributed by atoms with E-state index >= 15 is 8.78 Å². The Hall–Kier alpha value is -3.80. The molecule has 1 saturated carbocycles. The van der Waals surface area contributed by atoms with Crippen LogP contribution in [-0.2, 0) is 4.79 Å². The Kier molecular flexibility index (Phi) is 5.08. The molecule has 1 aliphatic heterocycles. The van der Waals surface area contributed by atoms with Crippen molar-refractivity contribution in [3.63, 3.8) is 0 Å². The molecule has 0 bridgehead atoms. The molecular weight excluding hydrogens is 428 g/mol. The number of carbonyl (C=O) groups excluding carboxylic acids is 1. The number of amides is 1. The van der Waals surface area contributed by atoms with E-state index in [9.17, 15) is 9.59 Å². The number of aromatic nitrogens is 3. The molecule has 1 atom stereocenters. The summed E-state index contributed by atoms with van der Waals surface area (Å²) >= 11 is 0. The molecule has 2 aliphatic rings. The largest absolute Gasteiger partial charge is 0.348 e. The van der Waals surface area contributed by atoms with E-state index < -0.39 is 23.0 Å². The van der Waals surface area contributed by atoms with E-state index in [-0.39, 0.29) is 23.6 Å². The fourth-order valence-electron chi connectivity index (χ4n) is 4.47. The molecule has 0 spiro atoms. The number of carbonyl (C=O) groups is 1. The van der Waals surface area contributed by atoms with E-state index in [4.69, 9.17) is 5.26 Å². The van der Waals surface area contributed by atoms with Crippen LogP contribution in [0.1, 0.15) is 42.1 Å². The first-order valence-corrected chi connectivity index (χ1v) is 10.8. The molecule has 1 amide bonds.